The smallest absolute Gasteiger partial charge is 0.168 e. The van der Waals surface area contributed by atoms with Gasteiger partial charge in [0.05, 0.1) is 24.1 Å². The zero-order valence-electron chi connectivity index (χ0n) is 15.2. The molecule has 1 heterocycles. The maximum atomic E-state index is 13.3. The highest BCUT2D eigenvalue weighted by Crippen LogP contribution is 2.34. The number of benzene rings is 2. The second-order valence-electron chi connectivity index (χ2n) is 6.85. The molecule has 1 atom stereocenters. The van der Waals surface area contributed by atoms with Crippen LogP contribution in [0.3, 0.4) is 0 Å². The van der Waals surface area contributed by atoms with E-state index >= 15 is 0 Å². The standard InChI is InChI=1S/C21H20FN3O2/c1-13-10-18-20(19(26)11-13)21(23-15-4-3-5-17(12-15)27-2)24-25(18)16-8-6-14(22)7-9-16/h3-9,12-13H,10-11H2,1-2H3,(H,23,24)/t13-/m0/s1. The van der Waals surface area contributed by atoms with Crippen molar-refractivity contribution in [1.29, 1.82) is 0 Å². The third kappa shape index (κ3) is 3.30. The fourth-order valence-corrected chi connectivity index (χ4v) is 3.48. The van der Waals surface area contributed by atoms with Gasteiger partial charge in [0.25, 0.3) is 0 Å². The first kappa shape index (κ1) is 17.3. The highest BCUT2D eigenvalue weighted by molar-refractivity contribution is 6.03. The summed E-state index contributed by atoms with van der Waals surface area (Å²) in [6, 6.07) is 13.6. The topological polar surface area (TPSA) is 56.1 Å². The summed E-state index contributed by atoms with van der Waals surface area (Å²) in [6.07, 6.45) is 1.24. The summed E-state index contributed by atoms with van der Waals surface area (Å²) in [7, 11) is 1.61. The summed E-state index contributed by atoms with van der Waals surface area (Å²) in [6.45, 7) is 2.05. The van der Waals surface area contributed by atoms with Crippen molar-refractivity contribution < 1.29 is 13.9 Å². The number of hydrogen-bond acceptors (Lipinski definition) is 4. The largest absolute Gasteiger partial charge is 0.497 e. The maximum Gasteiger partial charge on any atom is 0.168 e. The molecule has 138 valence electrons. The van der Waals surface area contributed by atoms with Crippen LogP contribution in [0.15, 0.2) is 48.5 Å². The van der Waals surface area contributed by atoms with Crippen LogP contribution in [0.2, 0.25) is 0 Å². The summed E-state index contributed by atoms with van der Waals surface area (Å²) < 4.78 is 20.3. The van der Waals surface area contributed by atoms with Gasteiger partial charge in [-0.2, -0.15) is 0 Å². The third-order valence-corrected chi connectivity index (χ3v) is 4.74. The van der Waals surface area contributed by atoms with Gasteiger partial charge in [-0.15, -0.1) is 5.10 Å². The molecule has 1 N–H and O–H groups in total. The molecule has 1 aliphatic rings. The molecule has 0 fully saturated rings. The van der Waals surface area contributed by atoms with Crippen LogP contribution in [0.25, 0.3) is 5.69 Å². The number of methoxy groups -OCH3 is 1. The van der Waals surface area contributed by atoms with Gasteiger partial charge >= 0.3 is 0 Å². The van der Waals surface area contributed by atoms with E-state index in [1.807, 2.05) is 24.3 Å². The van der Waals surface area contributed by atoms with Crippen molar-refractivity contribution in [1.82, 2.24) is 9.78 Å². The number of anilines is 2. The Morgan fingerprint density at radius 3 is 2.70 bits per heavy atom. The van der Waals surface area contributed by atoms with Gasteiger partial charge in [0, 0.05) is 18.2 Å². The van der Waals surface area contributed by atoms with E-state index in [4.69, 9.17) is 4.74 Å². The SMILES string of the molecule is COc1cccc(Nc2nn(-c3ccc(F)cc3)c3c2C(=O)C[C@@H](C)C3)c1. The van der Waals surface area contributed by atoms with E-state index in [9.17, 15) is 9.18 Å². The average Bonchev–Trinajstić information content (AvgIpc) is 3.01. The highest BCUT2D eigenvalue weighted by Gasteiger charge is 2.31. The summed E-state index contributed by atoms with van der Waals surface area (Å²) >= 11 is 0. The van der Waals surface area contributed by atoms with Crippen molar-refractivity contribution in [3.63, 3.8) is 0 Å². The summed E-state index contributed by atoms with van der Waals surface area (Å²) in [5, 5.41) is 7.90. The number of rotatable bonds is 4. The van der Waals surface area contributed by atoms with Gasteiger partial charge in [0.2, 0.25) is 0 Å². The van der Waals surface area contributed by atoms with Crippen LogP contribution in [0.5, 0.6) is 5.75 Å². The molecule has 0 bridgehead atoms. The predicted octanol–water partition coefficient (Wildman–Crippen LogP) is 4.53. The van der Waals surface area contributed by atoms with Crippen molar-refractivity contribution in [3.8, 4) is 11.4 Å². The summed E-state index contributed by atoms with van der Waals surface area (Å²) in [4.78, 5) is 12.8. The van der Waals surface area contributed by atoms with Crippen LogP contribution < -0.4 is 10.1 Å². The molecule has 2 aromatic carbocycles. The van der Waals surface area contributed by atoms with Gasteiger partial charge in [0.1, 0.15) is 11.6 Å². The van der Waals surface area contributed by atoms with Crippen molar-refractivity contribution in [3.05, 3.63) is 65.6 Å². The molecular weight excluding hydrogens is 345 g/mol. The van der Waals surface area contributed by atoms with Crippen LogP contribution in [-0.2, 0) is 6.42 Å². The molecule has 1 aromatic heterocycles. The number of carbonyl (C=O) groups is 1. The van der Waals surface area contributed by atoms with Gasteiger partial charge in [-0.25, -0.2) is 9.07 Å². The molecule has 0 spiro atoms. The van der Waals surface area contributed by atoms with Crippen LogP contribution in [-0.4, -0.2) is 22.7 Å². The number of Topliss-reactive ketones (excluding diaryl/α,β-unsaturated/α-hetero) is 1. The predicted molar refractivity (Wildman–Crippen MR) is 102 cm³/mol. The Hall–Kier alpha value is -3.15. The van der Waals surface area contributed by atoms with E-state index in [0.29, 0.717) is 23.6 Å². The number of hydrogen-bond donors (Lipinski definition) is 1. The van der Waals surface area contributed by atoms with E-state index in [1.165, 1.54) is 12.1 Å². The molecule has 0 saturated heterocycles. The monoisotopic (exact) mass is 365 g/mol. The lowest BCUT2D eigenvalue weighted by molar-refractivity contribution is 0.0953. The number of nitrogens with zero attached hydrogens (tertiary/aromatic N) is 2. The molecule has 3 aromatic rings. The highest BCUT2D eigenvalue weighted by atomic mass is 19.1. The van der Waals surface area contributed by atoms with Crippen molar-refractivity contribution >= 4 is 17.3 Å². The number of nitrogens with one attached hydrogen (secondary N) is 1. The zero-order valence-corrected chi connectivity index (χ0v) is 15.2. The second-order valence-corrected chi connectivity index (χ2v) is 6.85. The van der Waals surface area contributed by atoms with Gasteiger partial charge in [0.15, 0.2) is 11.6 Å². The Morgan fingerprint density at radius 2 is 1.96 bits per heavy atom. The Bertz CT molecular complexity index is 995. The first-order valence-electron chi connectivity index (χ1n) is 8.87. The number of aromatic nitrogens is 2. The third-order valence-electron chi connectivity index (χ3n) is 4.74. The molecular formula is C21H20FN3O2. The Labute approximate surface area is 156 Å². The van der Waals surface area contributed by atoms with Crippen molar-refractivity contribution in [2.75, 3.05) is 12.4 Å². The van der Waals surface area contributed by atoms with E-state index in [1.54, 1.807) is 23.9 Å². The van der Waals surface area contributed by atoms with Crippen molar-refractivity contribution in [2.45, 2.75) is 19.8 Å². The molecule has 0 aliphatic heterocycles. The Morgan fingerprint density at radius 1 is 1.19 bits per heavy atom. The number of ketones is 1. The van der Waals surface area contributed by atoms with E-state index in [-0.39, 0.29) is 17.5 Å². The quantitative estimate of drug-likeness (QED) is 0.738. The minimum atomic E-state index is -0.307. The van der Waals surface area contributed by atoms with Crippen molar-refractivity contribution in [2.24, 2.45) is 5.92 Å². The van der Waals surface area contributed by atoms with Gasteiger partial charge in [-0.05, 0) is 48.7 Å². The Kier molecular flexibility index (Phi) is 4.39. The minimum absolute atomic E-state index is 0.0718. The normalized spacial score (nSPS) is 16.1. The fraction of sp³-hybridized carbons (Fsp3) is 0.238. The summed E-state index contributed by atoms with van der Waals surface area (Å²) in [5.74, 6) is 1.23. The molecule has 6 heteroatoms. The fourth-order valence-electron chi connectivity index (χ4n) is 3.48. The molecule has 0 radical (unpaired) electrons. The number of halogens is 1. The van der Waals surface area contributed by atoms with Gasteiger partial charge in [-0.1, -0.05) is 13.0 Å². The van der Waals surface area contributed by atoms with Crippen LogP contribution >= 0.6 is 0 Å². The molecule has 0 saturated carbocycles. The lowest BCUT2D eigenvalue weighted by Gasteiger charge is -2.19. The van der Waals surface area contributed by atoms with E-state index in [0.717, 1.165) is 23.5 Å². The van der Waals surface area contributed by atoms with E-state index < -0.39 is 0 Å². The number of ether oxygens (including phenoxy) is 1. The lowest BCUT2D eigenvalue weighted by Crippen LogP contribution is -2.19. The maximum absolute atomic E-state index is 13.3. The Balaban J connectivity index is 1.81. The van der Waals surface area contributed by atoms with Gasteiger partial charge < -0.3 is 10.1 Å². The minimum Gasteiger partial charge on any atom is -0.497 e. The van der Waals surface area contributed by atoms with Gasteiger partial charge in [-0.3, -0.25) is 4.79 Å². The second kappa shape index (κ2) is 6.87. The number of fused-ring (bicyclic) bond motifs is 1. The molecule has 0 amide bonds. The molecule has 0 unspecified atom stereocenters. The molecule has 27 heavy (non-hydrogen) atoms. The average molecular weight is 365 g/mol. The zero-order chi connectivity index (χ0) is 19.0. The molecule has 4 rings (SSSR count). The summed E-state index contributed by atoms with van der Waals surface area (Å²) in [5.41, 5.74) is 2.98. The lowest BCUT2D eigenvalue weighted by atomic mass is 9.87. The first-order chi connectivity index (χ1) is 13.0. The van der Waals surface area contributed by atoms with Crippen LogP contribution in [0.4, 0.5) is 15.9 Å². The van der Waals surface area contributed by atoms with Crippen LogP contribution in [0.1, 0.15) is 29.4 Å². The molecule has 5 nitrogen and oxygen atoms in total. The first-order valence-corrected chi connectivity index (χ1v) is 8.87. The van der Waals surface area contributed by atoms with Crippen LogP contribution in [0, 0.1) is 11.7 Å². The van der Waals surface area contributed by atoms with E-state index in [2.05, 4.69) is 17.3 Å². The number of carbonyl (C=O) groups excluding carboxylic acids is 1. The molecule has 1 aliphatic carbocycles.